The number of hydrogen-bond acceptors (Lipinski definition) is 3. The molecule has 0 aromatic heterocycles. The van der Waals surface area contributed by atoms with Gasteiger partial charge in [-0.25, -0.2) is 0 Å². The van der Waals surface area contributed by atoms with Gasteiger partial charge in [0.25, 0.3) is 0 Å². The number of rotatable bonds is 6. The van der Waals surface area contributed by atoms with Crippen LogP contribution in [0.3, 0.4) is 0 Å². The van der Waals surface area contributed by atoms with E-state index < -0.39 is 0 Å². The summed E-state index contributed by atoms with van der Waals surface area (Å²) in [6, 6.07) is 8.17. The van der Waals surface area contributed by atoms with Crippen molar-refractivity contribution in [3.05, 3.63) is 54.6 Å². The van der Waals surface area contributed by atoms with E-state index in [1.165, 1.54) is 12.7 Å². The highest BCUT2D eigenvalue weighted by Crippen LogP contribution is 2.30. The van der Waals surface area contributed by atoms with Crippen molar-refractivity contribution in [2.75, 3.05) is 7.11 Å². The number of allylic oxidation sites excluding steroid dienone is 2. The molecule has 1 aromatic carbocycles. The number of carbonyl (C=O) groups is 1. The van der Waals surface area contributed by atoms with E-state index in [1.807, 2.05) is 12.1 Å². The highest BCUT2D eigenvalue weighted by Gasteiger charge is 2.27. The molecule has 0 radical (unpaired) electrons. The molecule has 0 N–H and O–H groups in total. The summed E-state index contributed by atoms with van der Waals surface area (Å²) in [5.74, 6) is 1.08. The largest absolute Gasteiger partial charge is 0.490 e. The molecule has 1 aromatic rings. The summed E-state index contributed by atoms with van der Waals surface area (Å²) < 4.78 is 10.9. The van der Waals surface area contributed by atoms with Gasteiger partial charge in [0.1, 0.15) is 5.75 Å². The van der Waals surface area contributed by atoms with Gasteiger partial charge in [0, 0.05) is 5.92 Å². The maximum atomic E-state index is 11.5. The van der Waals surface area contributed by atoms with Gasteiger partial charge in [0.15, 0.2) is 0 Å². The molecule has 0 heterocycles. The fourth-order valence-electron chi connectivity index (χ4n) is 3.00. The predicted octanol–water partition coefficient (Wildman–Crippen LogP) is 4.64. The van der Waals surface area contributed by atoms with E-state index in [9.17, 15) is 4.79 Å². The Bertz CT molecular complexity index is 551. The van der Waals surface area contributed by atoms with Crippen molar-refractivity contribution in [3.63, 3.8) is 0 Å². The van der Waals surface area contributed by atoms with Crippen molar-refractivity contribution >= 4 is 5.97 Å². The van der Waals surface area contributed by atoms with Gasteiger partial charge in [-0.15, -0.1) is 0 Å². The van der Waals surface area contributed by atoms with Gasteiger partial charge in [0.2, 0.25) is 0 Å². The highest BCUT2D eigenvalue weighted by molar-refractivity contribution is 5.72. The summed E-state index contributed by atoms with van der Waals surface area (Å²) in [6.07, 6.45) is 5.45. The number of ether oxygens (including phenoxy) is 2. The van der Waals surface area contributed by atoms with Gasteiger partial charge in [-0.3, -0.25) is 4.79 Å². The summed E-state index contributed by atoms with van der Waals surface area (Å²) in [5.41, 5.74) is 2.22. The fourth-order valence-corrected chi connectivity index (χ4v) is 3.00. The molecule has 0 amide bonds. The SMILES string of the molecule is C=CC(=C)C(C)c1ccc(OC2CCC(C(=O)OC)CC2)cc1. The number of carbonyl (C=O) groups excluding carboxylic acids is 1. The van der Waals surface area contributed by atoms with Crippen LogP contribution >= 0.6 is 0 Å². The third-order valence-corrected chi connectivity index (χ3v) is 4.71. The Labute approximate surface area is 139 Å². The zero-order valence-corrected chi connectivity index (χ0v) is 14.1. The molecule has 3 heteroatoms. The molecule has 0 bridgehead atoms. The first-order valence-corrected chi connectivity index (χ1v) is 8.20. The quantitative estimate of drug-likeness (QED) is 0.566. The van der Waals surface area contributed by atoms with Gasteiger partial charge < -0.3 is 9.47 Å². The van der Waals surface area contributed by atoms with E-state index in [4.69, 9.17) is 9.47 Å². The lowest BCUT2D eigenvalue weighted by molar-refractivity contribution is -0.147. The summed E-state index contributed by atoms with van der Waals surface area (Å²) >= 11 is 0. The van der Waals surface area contributed by atoms with Crippen LogP contribution in [0.2, 0.25) is 0 Å². The van der Waals surface area contributed by atoms with Crippen molar-refractivity contribution in [2.24, 2.45) is 5.92 Å². The van der Waals surface area contributed by atoms with E-state index in [-0.39, 0.29) is 23.9 Å². The summed E-state index contributed by atoms with van der Waals surface area (Å²) in [4.78, 5) is 11.5. The Kier molecular flexibility index (Phi) is 6.03. The Hall–Kier alpha value is -2.03. The van der Waals surface area contributed by atoms with Gasteiger partial charge >= 0.3 is 5.97 Å². The molecule has 1 fully saturated rings. The van der Waals surface area contributed by atoms with Crippen molar-refractivity contribution in [2.45, 2.75) is 44.6 Å². The smallest absolute Gasteiger partial charge is 0.308 e. The maximum Gasteiger partial charge on any atom is 0.308 e. The number of methoxy groups -OCH3 is 1. The van der Waals surface area contributed by atoms with E-state index >= 15 is 0 Å². The van der Waals surface area contributed by atoms with Crippen molar-refractivity contribution < 1.29 is 14.3 Å². The summed E-state index contributed by atoms with van der Waals surface area (Å²) in [7, 11) is 1.45. The number of hydrogen-bond donors (Lipinski definition) is 0. The lowest BCUT2D eigenvalue weighted by Gasteiger charge is -2.27. The normalized spacial score (nSPS) is 22.0. The topological polar surface area (TPSA) is 35.5 Å². The first-order chi connectivity index (χ1) is 11.0. The molecule has 0 saturated heterocycles. The number of esters is 1. The van der Waals surface area contributed by atoms with E-state index in [2.05, 4.69) is 32.2 Å². The average Bonchev–Trinajstić information content (AvgIpc) is 2.61. The monoisotopic (exact) mass is 314 g/mol. The van der Waals surface area contributed by atoms with Crippen LogP contribution in [0.15, 0.2) is 49.1 Å². The van der Waals surface area contributed by atoms with Gasteiger partial charge in [0.05, 0.1) is 19.1 Å². The zero-order chi connectivity index (χ0) is 16.8. The first-order valence-electron chi connectivity index (χ1n) is 8.20. The van der Waals surface area contributed by atoms with E-state index in [0.29, 0.717) is 0 Å². The van der Waals surface area contributed by atoms with Crippen LogP contribution in [0.4, 0.5) is 0 Å². The molecule has 124 valence electrons. The first kappa shape index (κ1) is 17.3. The van der Waals surface area contributed by atoms with Gasteiger partial charge in [-0.05, 0) is 49.0 Å². The standard InChI is InChI=1S/C20H26O3/c1-5-14(2)15(3)16-6-10-18(11-7-16)23-19-12-8-17(9-13-19)20(21)22-4/h5-7,10-11,15,17,19H,1-2,8-9,12-13H2,3-4H3. The fraction of sp³-hybridized carbons (Fsp3) is 0.450. The van der Waals surface area contributed by atoms with Gasteiger partial charge in [-0.2, -0.15) is 0 Å². The summed E-state index contributed by atoms with van der Waals surface area (Å²) in [5, 5.41) is 0. The molecule has 23 heavy (non-hydrogen) atoms. The minimum absolute atomic E-state index is 0.0352. The maximum absolute atomic E-state index is 11.5. The van der Waals surface area contributed by atoms with Crippen LogP contribution in [0.25, 0.3) is 0 Å². The van der Waals surface area contributed by atoms with Crippen LogP contribution in [0.1, 0.15) is 44.1 Å². The zero-order valence-electron chi connectivity index (χ0n) is 14.1. The predicted molar refractivity (Wildman–Crippen MR) is 92.6 cm³/mol. The van der Waals surface area contributed by atoms with E-state index in [1.54, 1.807) is 6.08 Å². The molecule has 1 aliphatic carbocycles. The van der Waals surface area contributed by atoms with Crippen LogP contribution in [0.5, 0.6) is 5.75 Å². The minimum Gasteiger partial charge on any atom is -0.490 e. The molecule has 0 spiro atoms. The molecule has 1 atom stereocenters. The van der Waals surface area contributed by atoms with Crippen molar-refractivity contribution in [1.29, 1.82) is 0 Å². The average molecular weight is 314 g/mol. The molecular weight excluding hydrogens is 288 g/mol. The third-order valence-electron chi connectivity index (χ3n) is 4.71. The lowest BCUT2D eigenvalue weighted by atomic mass is 9.87. The van der Waals surface area contributed by atoms with Crippen LogP contribution in [-0.2, 0) is 9.53 Å². The second kappa shape index (κ2) is 8.00. The Morgan fingerprint density at radius 3 is 2.35 bits per heavy atom. The van der Waals surface area contributed by atoms with Crippen LogP contribution in [-0.4, -0.2) is 19.2 Å². The Balaban J connectivity index is 1.88. The van der Waals surface area contributed by atoms with Crippen molar-refractivity contribution in [1.82, 2.24) is 0 Å². The number of benzene rings is 1. The molecular formula is C20H26O3. The molecule has 2 rings (SSSR count). The molecule has 1 unspecified atom stereocenters. The third kappa shape index (κ3) is 4.47. The van der Waals surface area contributed by atoms with Gasteiger partial charge in [-0.1, -0.05) is 38.3 Å². The van der Waals surface area contributed by atoms with Crippen LogP contribution < -0.4 is 4.74 Å². The minimum atomic E-state index is -0.0933. The molecule has 1 aliphatic rings. The molecule has 1 saturated carbocycles. The summed E-state index contributed by atoms with van der Waals surface area (Å²) in [6.45, 7) is 9.90. The highest BCUT2D eigenvalue weighted by atomic mass is 16.5. The molecule has 3 nitrogen and oxygen atoms in total. The Morgan fingerprint density at radius 1 is 1.22 bits per heavy atom. The van der Waals surface area contributed by atoms with Crippen LogP contribution in [0, 0.1) is 5.92 Å². The molecule has 0 aliphatic heterocycles. The lowest BCUT2D eigenvalue weighted by Crippen LogP contribution is -2.28. The second-order valence-electron chi connectivity index (χ2n) is 6.18. The second-order valence-corrected chi connectivity index (χ2v) is 6.18. The Morgan fingerprint density at radius 2 is 1.83 bits per heavy atom. The van der Waals surface area contributed by atoms with E-state index in [0.717, 1.165) is 37.0 Å². The van der Waals surface area contributed by atoms with Crippen molar-refractivity contribution in [3.8, 4) is 5.75 Å².